The molecule has 1 saturated heterocycles. The van der Waals surface area contributed by atoms with Gasteiger partial charge < -0.3 is 25.4 Å². The second-order valence-corrected chi connectivity index (χ2v) is 6.80. The van der Waals surface area contributed by atoms with Gasteiger partial charge in [0.05, 0.1) is 25.9 Å². The minimum Gasteiger partial charge on any atom is -0.379 e. The van der Waals surface area contributed by atoms with Gasteiger partial charge in [0.2, 0.25) is 0 Å². The number of nitrogens with zero attached hydrogens (tertiary/aromatic N) is 1. The summed E-state index contributed by atoms with van der Waals surface area (Å²) in [7, 11) is 0. The standard InChI is InChI=1S/C16H34N4O2.HI/c1-6-17-15(18-8-9-19-16(3,4)5)20-13(2)11-22-14-7-10-21-12-14;/h13-14,19H,6-12H2,1-5H3,(H2,17,18,20);1H. The highest BCUT2D eigenvalue weighted by molar-refractivity contribution is 14.0. The first-order chi connectivity index (χ1) is 10.4. The molecule has 2 atom stereocenters. The van der Waals surface area contributed by atoms with Gasteiger partial charge in [0.1, 0.15) is 0 Å². The van der Waals surface area contributed by atoms with E-state index in [1.165, 1.54) is 0 Å². The Bertz CT molecular complexity index is 329. The van der Waals surface area contributed by atoms with Crippen molar-refractivity contribution in [1.82, 2.24) is 16.0 Å². The van der Waals surface area contributed by atoms with Gasteiger partial charge in [-0.15, -0.1) is 24.0 Å². The Hall–Kier alpha value is -0.120. The van der Waals surface area contributed by atoms with E-state index < -0.39 is 0 Å². The molecular weight excluding hydrogens is 407 g/mol. The third kappa shape index (κ3) is 12.0. The second kappa shape index (κ2) is 12.3. The minimum absolute atomic E-state index is 0. The molecule has 0 aromatic carbocycles. The zero-order chi connectivity index (χ0) is 16.4. The molecule has 1 rings (SSSR count). The maximum Gasteiger partial charge on any atom is 0.191 e. The summed E-state index contributed by atoms with van der Waals surface area (Å²) in [4.78, 5) is 4.59. The molecule has 1 fully saturated rings. The first kappa shape index (κ1) is 22.9. The minimum atomic E-state index is 0. The fourth-order valence-electron chi connectivity index (χ4n) is 2.12. The van der Waals surface area contributed by atoms with Crippen LogP contribution in [0.5, 0.6) is 0 Å². The van der Waals surface area contributed by atoms with Crippen LogP contribution in [0.15, 0.2) is 4.99 Å². The molecule has 138 valence electrons. The van der Waals surface area contributed by atoms with Crippen molar-refractivity contribution >= 4 is 29.9 Å². The normalized spacial score (nSPS) is 20.0. The van der Waals surface area contributed by atoms with E-state index >= 15 is 0 Å². The largest absolute Gasteiger partial charge is 0.379 e. The van der Waals surface area contributed by atoms with E-state index in [-0.39, 0.29) is 41.7 Å². The predicted molar refractivity (Wildman–Crippen MR) is 107 cm³/mol. The van der Waals surface area contributed by atoms with Gasteiger partial charge in [0.15, 0.2) is 5.96 Å². The maximum atomic E-state index is 5.83. The number of rotatable bonds is 8. The van der Waals surface area contributed by atoms with Crippen molar-refractivity contribution in [1.29, 1.82) is 0 Å². The summed E-state index contributed by atoms with van der Waals surface area (Å²) in [5.41, 5.74) is 0.131. The Balaban J connectivity index is 0.00000484. The molecule has 0 aromatic rings. The van der Waals surface area contributed by atoms with Crippen LogP contribution in [-0.4, -0.2) is 63.1 Å². The van der Waals surface area contributed by atoms with Gasteiger partial charge in [0.25, 0.3) is 0 Å². The Morgan fingerprint density at radius 2 is 2.13 bits per heavy atom. The number of hydrogen-bond acceptors (Lipinski definition) is 4. The third-order valence-corrected chi connectivity index (χ3v) is 3.23. The smallest absolute Gasteiger partial charge is 0.191 e. The van der Waals surface area contributed by atoms with Crippen molar-refractivity contribution in [3.63, 3.8) is 0 Å². The molecule has 0 amide bonds. The van der Waals surface area contributed by atoms with E-state index in [1.54, 1.807) is 0 Å². The summed E-state index contributed by atoms with van der Waals surface area (Å²) >= 11 is 0. The van der Waals surface area contributed by atoms with Crippen LogP contribution in [0.2, 0.25) is 0 Å². The molecular formula is C16H35IN4O2. The molecule has 6 nitrogen and oxygen atoms in total. The highest BCUT2D eigenvalue weighted by atomic mass is 127. The zero-order valence-electron chi connectivity index (χ0n) is 15.3. The number of ether oxygens (including phenoxy) is 2. The van der Waals surface area contributed by atoms with Gasteiger partial charge >= 0.3 is 0 Å². The average Bonchev–Trinajstić information content (AvgIpc) is 2.93. The van der Waals surface area contributed by atoms with Crippen molar-refractivity contribution < 1.29 is 9.47 Å². The lowest BCUT2D eigenvalue weighted by atomic mass is 10.1. The fraction of sp³-hybridized carbons (Fsp3) is 0.938. The SMILES string of the molecule is CCNC(=NCCNC(C)(C)C)NC(C)COC1CCOC1.I. The Morgan fingerprint density at radius 3 is 2.70 bits per heavy atom. The van der Waals surface area contributed by atoms with Crippen LogP contribution in [0.1, 0.15) is 41.0 Å². The number of hydrogen-bond donors (Lipinski definition) is 3. The lowest BCUT2D eigenvalue weighted by molar-refractivity contribution is 0.0347. The first-order valence-electron chi connectivity index (χ1n) is 8.40. The quantitative estimate of drug-likeness (QED) is 0.231. The first-order valence-corrected chi connectivity index (χ1v) is 8.40. The Kier molecular flexibility index (Phi) is 12.2. The summed E-state index contributed by atoms with van der Waals surface area (Å²) in [5, 5.41) is 10.1. The molecule has 0 aromatic heterocycles. The molecule has 2 unspecified atom stereocenters. The molecule has 0 aliphatic carbocycles. The van der Waals surface area contributed by atoms with Crippen molar-refractivity contribution in [2.45, 2.75) is 58.7 Å². The number of aliphatic imine (C=N–C) groups is 1. The third-order valence-electron chi connectivity index (χ3n) is 3.23. The fourth-order valence-corrected chi connectivity index (χ4v) is 2.12. The van der Waals surface area contributed by atoms with Gasteiger partial charge in [0, 0.05) is 31.3 Å². The lowest BCUT2D eigenvalue weighted by Crippen LogP contribution is -2.45. The predicted octanol–water partition coefficient (Wildman–Crippen LogP) is 1.74. The highest BCUT2D eigenvalue weighted by Gasteiger charge is 2.17. The molecule has 0 bridgehead atoms. The summed E-state index contributed by atoms with van der Waals surface area (Å²) in [6.07, 6.45) is 1.25. The van der Waals surface area contributed by atoms with E-state index in [4.69, 9.17) is 9.47 Å². The van der Waals surface area contributed by atoms with Crippen molar-refractivity contribution in [3.8, 4) is 0 Å². The molecule has 1 aliphatic heterocycles. The van der Waals surface area contributed by atoms with E-state index in [9.17, 15) is 0 Å². The van der Waals surface area contributed by atoms with E-state index in [0.717, 1.165) is 45.2 Å². The topological polar surface area (TPSA) is 66.9 Å². The van der Waals surface area contributed by atoms with Gasteiger partial charge in [-0.2, -0.15) is 0 Å². The van der Waals surface area contributed by atoms with Gasteiger partial charge in [-0.3, -0.25) is 4.99 Å². The Morgan fingerprint density at radius 1 is 1.39 bits per heavy atom. The molecule has 1 heterocycles. The molecule has 0 spiro atoms. The van der Waals surface area contributed by atoms with Crippen molar-refractivity contribution in [2.24, 2.45) is 4.99 Å². The maximum absolute atomic E-state index is 5.83. The summed E-state index contributed by atoms with van der Waals surface area (Å²) in [6, 6.07) is 0.217. The van der Waals surface area contributed by atoms with Crippen LogP contribution in [0.3, 0.4) is 0 Å². The number of halogens is 1. The number of guanidine groups is 1. The van der Waals surface area contributed by atoms with Crippen LogP contribution in [0.25, 0.3) is 0 Å². The lowest BCUT2D eigenvalue weighted by Gasteiger charge is -2.21. The summed E-state index contributed by atoms with van der Waals surface area (Å²) < 4.78 is 11.1. The van der Waals surface area contributed by atoms with Gasteiger partial charge in [-0.25, -0.2) is 0 Å². The highest BCUT2D eigenvalue weighted by Crippen LogP contribution is 2.08. The zero-order valence-corrected chi connectivity index (χ0v) is 17.6. The number of nitrogens with one attached hydrogen (secondary N) is 3. The Labute approximate surface area is 158 Å². The molecule has 7 heteroatoms. The van der Waals surface area contributed by atoms with Crippen molar-refractivity contribution in [3.05, 3.63) is 0 Å². The van der Waals surface area contributed by atoms with Crippen LogP contribution >= 0.6 is 24.0 Å². The van der Waals surface area contributed by atoms with Crippen LogP contribution in [-0.2, 0) is 9.47 Å². The van der Waals surface area contributed by atoms with Gasteiger partial charge in [-0.05, 0) is 41.0 Å². The van der Waals surface area contributed by atoms with Crippen molar-refractivity contribution in [2.75, 3.05) is 39.5 Å². The van der Waals surface area contributed by atoms with Crippen LogP contribution < -0.4 is 16.0 Å². The van der Waals surface area contributed by atoms with E-state index in [1.807, 2.05) is 0 Å². The molecule has 0 radical (unpaired) electrons. The average molecular weight is 442 g/mol. The molecule has 0 saturated carbocycles. The van der Waals surface area contributed by atoms with E-state index in [0.29, 0.717) is 6.61 Å². The summed E-state index contributed by atoms with van der Waals surface area (Å²) in [5.74, 6) is 0.844. The van der Waals surface area contributed by atoms with Gasteiger partial charge in [-0.1, -0.05) is 0 Å². The van der Waals surface area contributed by atoms with Crippen LogP contribution in [0, 0.1) is 0 Å². The second-order valence-electron chi connectivity index (χ2n) is 6.80. The van der Waals surface area contributed by atoms with Crippen LogP contribution in [0.4, 0.5) is 0 Å². The van der Waals surface area contributed by atoms with E-state index in [2.05, 4.69) is 55.6 Å². The molecule has 3 N–H and O–H groups in total. The monoisotopic (exact) mass is 442 g/mol. The molecule has 23 heavy (non-hydrogen) atoms. The molecule has 1 aliphatic rings. The summed E-state index contributed by atoms with van der Waals surface area (Å²) in [6.45, 7) is 15.3.